The predicted molar refractivity (Wildman–Crippen MR) is 95.2 cm³/mol. The molecule has 0 saturated carbocycles. The Hall–Kier alpha value is -1.32. The zero-order chi connectivity index (χ0) is 15.2. The van der Waals surface area contributed by atoms with Crippen molar-refractivity contribution in [2.24, 2.45) is 5.73 Å². The molecule has 3 heteroatoms. The van der Waals surface area contributed by atoms with E-state index in [0.29, 0.717) is 0 Å². The number of para-hydroxylation sites is 1. The van der Waals surface area contributed by atoms with Crippen LogP contribution in [0.3, 0.4) is 0 Å². The van der Waals surface area contributed by atoms with E-state index in [9.17, 15) is 0 Å². The van der Waals surface area contributed by atoms with Gasteiger partial charge in [0.2, 0.25) is 0 Å². The highest BCUT2D eigenvalue weighted by Gasteiger charge is 2.11. The Labute approximate surface area is 136 Å². The lowest BCUT2D eigenvalue weighted by Gasteiger charge is -2.25. The number of anilines is 2. The second-order valence-corrected chi connectivity index (χ2v) is 6.09. The van der Waals surface area contributed by atoms with E-state index in [4.69, 9.17) is 5.73 Å². The normalized spacial score (nSPS) is 12.2. The van der Waals surface area contributed by atoms with Gasteiger partial charge in [0.1, 0.15) is 0 Å². The third kappa shape index (κ3) is 4.08. The maximum atomic E-state index is 6.04. The van der Waals surface area contributed by atoms with Crippen LogP contribution in [0.2, 0.25) is 0 Å². The zero-order valence-corrected chi connectivity index (χ0v) is 14.3. The molecule has 112 valence electrons. The van der Waals surface area contributed by atoms with Crippen LogP contribution in [-0.4, -0.2) is 12.6 Å². The average Bonchev–Trinajstić information content (AvgIpc) is 2.51. The highest BCUT2D eigenvalue weighted by atomic mass is 79.9. The van der Waals surface area contributed by atoms with Crippen LogP contribution in [-0.2, 0) is 6.42 Å². The average molecular weight is 347 g/mol. The minimum atomic E-state index is 0.235. The lowest BCUT2D eigenvalue weighted by Crippen LogP contribution is -2.21. The smallest absolute Gasteiger partial charge is 0.0555 e. The molecule has 0 saturated heterocycles. The molecule has 0 bridgehead atoms. The van der Waals surface area contributed by atoms with Crippen molar-refractivity contribution in [3.05, 3.63) is 58.6 Å². The highest BCUT2D eigenvalue weighted by Crippen LogP contribution is 2.32. The number of hydrogen-bond donors (Lipinski definition) is 1. The number of nitrogens with two attached hydrogens (primary N) is 1. The highest BCUT2D eigenvalue weighted by molar-refractivity contribution is 9.10. The Balaban J connectivity index is 2.27. The molecule has 0 aliphatic carbocycles. The van der Waals surface area contributed by atoms with Gasteiger partial charge in [-0.1, -0.05) is 31.2 Å². The molecule has 0 fully saturated rings. The van der Waals surface area contributed by atoms with Gasteiger partial charge >= 0.3 is 0 Å². The van der Waals surface area contributed by atoms with Crippen molar-refractivity contribution in [3.8, 4) is 0 Å². The first-order chi connectivity index (χ1) is 10.2. The van der Waals surface area contributed by atoms with Crippen molar-refractivity contribution in [2.75, 3.05) is 11.4 Å². The predicted octanol–water partition coefficient (Wildman–Crippen LogP) is 4.89. The van der Waals surface area contributed by atoms with Crippen LogP contribution in [0.25, 0.3) is 0 Å². The number of rotatable bonds is 6. The summed E-state index contributed by atoms with van der Waals surface area (Å²) in [6, 6.07) is 17.2. The fourth-order valence-corrected chi connectivity index (χ4v) is 3.08. The maximum Gasteiger partial charge on any atom is 0.0555 e. The minimum absolute atomic E-state index is 0.235. The summed E-state index contributed by atoms with van der Waals surface area (Å²) >= 11 is 3.72. The van der Waals surface area contributed by atoms with Crippen LogP contribution < -0.4 is 10.6 Å². The summed E-state index contributed by atoms with van der Waals surface area (Å²) in [6.07, 6.45) is 1.93. The van der Waals surface area contributed by atoms with E-state index in [-0.39, 0.29) is 6.04 Å². The molecular weight excluding hydrogens is 324 g/mol. The van der Waals surface area contributed by atoms with Gasteiger partial charge in [-0.05, 0) is 65.5 Å². The van der Waals surface area contributed by atoms with Gasteiger partial charge in [-0.2, -0.15) is 0 Å². The summed E-state index contributed by atoms with van der Waals surface area (Å²) in [6.45, 7) is 5.22. The van der Waals surface area contributed by atoms with Crippen molar-refractivity contribution >= 4 is 27.3 Å². The summed E-state index contributed by atoms with van der Waals surface area (Å²) in [4.78, 5) is 2.30. The molecule has 0 aromatic heterocycles. The first-order valence-corrected chi connectivity index (χ1v) is 8.31. The first-order valence-electron chi connectivity index (χ1n) is 7.52. The van der Waals surface area contributed by atoms with E-state index in [1.54, 1.807) is 0 Å². The standard InChI is InChI=1S/C18H23BrN2/c1-3-15(20)12-14-10-11-18(17(19)13-14)21(4-2)16-8-6-5-7-9-16/h5-11,13,15H,3-4,12,20H2,1-2H3. The van der Waals surface area contributed by atoms with Gasteiger partial charge < -0.3 is 10.6 Å². The largest absolute Gasteiger partial charge is 0.341 e. The van der Waals surface area contributed by atoms with Gasteiger partial charge in [0.05, 0.1) is 5.69 Å². The van der Waals surface area contributed by atoms with Gasteiger partial charge in [0.15, 0.2) is 0 Å². The third-order valence-corrected chi connectivity index (χ3v) is 4.34. The summed E-state index contributed by atoms with van der Waals surface area (Å²) in [5.74, 6) is 0. The summed E-state index contributed by atoms with van der Waals surface area (Å²) in [5, 5.41) is 0. The molecule has 0 spiro atoms. The fraction of sp³-hybridized carbons (Fsp3) is 0.333. The molecule has 2 rings (SSSR count). The molecule has 1 unspecified atom stereocenters. The second kappa shape index (κ2) is 7.62. The maximum absolute atomic E-state index is 6.04. The Kier molecular flexibility index (Phi) is 5.83. The Bertz CT molecular complexity index is 569. The van der Waals surface area contributed by atoms with Crippen LogP contribution in [0.5, 0.6) is 0 Å². The Morgan fingerprint density at radius 1 is 1.10 bits per heavy atom. The van der Waals surface area contributed by atoms with Gasteiger partial charge in [0.25, 0.3) is 0 Å². The summed E-state index contributed by atoms with van der Waals surface area (Å²) in [7, 11) is 0. The molecule has 0 aliphatic rings. The molecule has 0 radical (unpaired) electrons. The topological polar surface area (TPSA) is 29.3 Å². The van der Waals surface area contributed by atoms with E-state index in [2.05, 4.69) is 77.1 Å². The van der Waals surface area contributed by atoms with Crippen molar-refractivity contribution in [1.29, 1.82) is 0 Å². The number of benzene rings is 2. The van der Waals surface area contributed by atoms with Crippen molar-refractivity contribution in [1.82, 2.24) is 0 Å². The number of nitrogens with zero attached hydrogens (tertiary/aromatic N) is 1. The Morgan fingerprint density at radius 3 is 2.38 bits per heavy atom. The summed E-state index contributed by atoms with van der Waals surface area (Å²) in [5.41, 5.74) is 9.73. The molecule has 2 aromatic carbocycles. The second-order valence-electron chi connectivity index (χ2n) is 5.24. The van der Waals surface area contributed by atoms with Crippen LogP contribution in [0.1, 0.15) is 25.8 Å². The van der Waals surface area contributed by atoms with Gasteiger partial charge in [0, 0.05) is 22.7 Å². The lowest BCUT2D eigenvalue weighted by molar-refractivity contribution is 0.646. The molecule has 2 N–H and O–H groups in total. The first kappa shape index (κ1) is 16.1. The van der Waals surface area contributed by atoms with Crippen LogP contribution in [0.4, 0.5) is 11.4 Å². The van der Waals surface area contributed by atoms with E-state index in [0.717, 1.165) is 23.9 Å². The molecule has 1 atom stereocenters. The van der Waals surface area contributed by atoms with E-state index < -0.39 is 0 Å². The van der Waals surface area contributed by atoms with Crippen LogP contribution in [0.15, 0.2) is 53.0 Å². The minimum Gasteiger partial charge on any atom is -0.341 e. The van der Waals surface area contributed by atoms with Gasteiger partial charge in [-0.3, -0.25) is 0 Å². The molecule has 0 heterocycles. The van der Waals surface area contributed by atoms with Crippen molar-refractivity contribution in [2.45, 2.75) is 32.7 Å². The van der Waals surface area contributed by atoms with Crippen molar-refractivity contribution < 1.29 is 0 Å². The van der Waals surface area contributed by atoms with E-state index in [1.807, 2.05) is 6.07 Å². The molecule has 21 heavy (non-hydrogen) atoms. The number of halogens is 1. The van der Waals surface area contributed by atoms with Gasteiger partial charge in [-0.15, -0.1) is 0 Å². The van der Waals surface area contributed by atoms with E-state index >= 15 is 0 Å². The van der Waals surface area contributed by atoms with Crippen molar-refractivity contribution in [3.63, 3.8) is 0 Å². The van der Waals surface area contributed by atoms with Crippen LogP contribution in [0, 0.1) is 0 Å². The molecular formula is C18H23BrN2. The molecule has 0 amide bonds. The fourth-order valence-electron chi connectivity index (χ4n) is 2.44. The lowest BCUT2D eigenvalue weighted by atomic mass is 10.0. The third-order valence-electron chi connectivity index (χ3n) is 3.71. The molecule has 2 aromatic rings. The van der Waals surface area contributed by atoms with Crippen LogP contribution >= 0.6 is 15.9 Å². The Morgan fingerprint density at radius 2 is 1.81 bits per heavy atom. The number of hydrogen-bond acceptors (Lipinski definition) is 2. The van der Waals surface area contributed by atoms with E-state index in [1.165, 1.54) is 16.9 Å². The van der Waals surface area contributed by atoms with Gasteiger partial charge in [-0.25, -0.2) is 0 Å². The molecule has 2 nitrogen and oxygen atoms in total. The molecule has 0 aliphatic heterocycles. The quantitative estimate of drug-likeness (QED) is 0.806. The SMILES string of the molecule is CCC(N)Cc1ccc(N(CC)c2ccccc2)c(Br)c1. The zero-order valence-electron chi connectivity index (χ0n) is 12.7. The summed E-state index contributed by atoms with van der Waals surface area (Å²) < 4.78 is 1.12. The monoisotopic (exact) mass is 346 g/mol.